The molecule has 0 unspecified atom stereocenters. The highest BCUT2D eigenvalue weighted by Crippen LogP contribution is 2.35. The van der Waals surface area contributed by atoms with E-state index in [2.05, 4.69) is 5.32 Å². The highest BCUT2D eigenvalue weighted by atomic mass is 35.5. The molecule has 4 rings (SSSR count). The van der Waals surface area contributed by atoms with E-state index in [1.54, 1.807) is 55.6 Å². The van der Waals surface area contributed by atoms with Crippen molar-refractivity contribution in [3.05, 3.63) is 119 Å². The van der Waals surface area contributed by atoms with E-state index in [1.165, 1.54) is 30.2 Å². The van der Waals surface area contributed by atoms with Crippen LogP contribution < -0.4 is 19.1 Å². The maximum atomic E-state index is 14.7. The van der Waals surface area contributed by atoms with Crippen molar-refractivity contribution in [3.63, 3.8) is 0 Å². The minimum Gasteiger partial charge on any atom is -0.497 e. The van der Waals surface area contributed by atoms with Crippen LogP contribution in [0.15, 0.2) is 108 Å². The number of rotatable bonds is 15. The number of halogens is 1. The van der Waals surface area contributed by atoms with Crippen molar-refractivity contribution in [2.75, 3.05) is 25.1 Å². The van der Waals surface area contributed by atoms with Crippen LogP contribution in [-0.4, -0.2) is 58.0 Å². The number of methoxy groups -OCH3 is 2. The molecule has 0 aliphatic rings. The zero-order chi connectivity index (χ0) is 34.0. The average molecular weight is 678 g/mol. The minimum atomic E-state index is -4.32. The number of nitrogens with one attached hydrogen (secondary N) is 1. The summed E-state index contributed by atoms with van der Waals surface area (Å²) in [7, 11) is -1.36. The fraction of sp³-hybridized carbons (Fsp3) is 0.278. The molecule has 47 heavy (non-hydrogen) atoms. The Labute approximate surface area is 282 Å². The van der Waals surface area contributed by atoms with Gasteiger partial charge in [0.1, 0.15) is 24.1 Å². The number of anilines is 1. The van der Waals surface area contributed by atoms with Crippen molar-refractivity contribution >= 4 is 39.1 Å². The molecule has 0 saturated heterocycles. The van der Waals surface area contributed by atoms with Gasteiger partial charge in [-0.3, -0.25) is 13.9 Å². The third-order valence-electron chi connectivity index (χ3n) is 7.78. The summed E-state index contributed by atoms with van der Waals surface area (Å²) in [5, 5.41) is 3.29. The number of sulfonamides is 1. The van der Waals surface area contributed by atoms with Crippen LogP contribution in [0.5, 0.6) is 11.5 Å². The fourth-order valence-corrected chi connectivity index (χ4v) is 6.66. The Morgan fingerprint density at radius 3 is 2.15 bits per heavy atom. The van der Waals surface area contributed by atoms with Crippen LogP contribution in [0.3, 0.4) is 0 Å². The van der Waals surface area contributed by atoms with Gasteiger partial charge in [-0.25, -0.2) is 8.42 Å². The van der Waals surface area contributed by atoms with Crippen molar-refractivity contribution in [2.24, 2.45) is 0 Å². The van der Waals surface area contributed by atoms with Crippen LogP contribution in [0, 0.1) is 0 Å². The zero-order valence-electron chi connectivity index (χ0n) is 26.9. The first kappa shape index (κ1) is 35.3. The molecule has 4 aromatic rings. The SMILES string of the molecule is CC[C@@H](C)NC(=O)[C@H](Cc1ccccc1)N(Cc1cccc(OC)c1)C(=O)CN(c1cc(Cl)ccc1OC)S(=O)(=O)c1ccccc1. The normalized spacial score (nSPS) is 12.4. The van der Waals surface area contributed by atoms with E-state index in [9.17, 15) is 18.0 Å². The molecule has 1 N–H and O–H groups in total. The summed E-state index contributed by atoms with van der Waals surface area (Å²) in [6, 6.07) is 27.8. The molecule has 0 fully saturated rings. The van der Waals surface area contributed by atoms with Crippen molar-refractivity contribution in [1.29, 1.82) is 0 Å². The summed E-state index contributed by atoms with van der Waals surface area (Å²) < 4.78 is 40.4. The molecule has 4 aromatic carbocycles. The van der Waals surface area contributed by atoms with Crippen LogP contribution in [0.2, 0.25) is 5.02 Å². The molecule has 0 spiro atoms. The Balaban J connectivity index is 1.86. The second-order valence-corrected chi connectivity index (χ2v) is 13.3. The zero-order valence-corrected chi connectivity index (χ0v) is 28.5. The summed E-state index contributed by atoms with van der Waals surface area (Å²) >= 11 is 6.36. The topological polar surface area (TPSA) is 105 Å². The molecular formula is C36H40ClN3O6S. The molecule has 0 aliphatic carbocycles. The van der Waals surface area contributed by atoms with Gasteiger partial charge in [-0.2, -0.15) is 0 Å². The Hall–Kier alpha value is -4.54. The van der Waals surface area contributed by atoms with E-state index in [0.717, 1.165) is 9.87 Å². The Kier molecular flexibility index (Phi) is 12.3. The van der Waals surface area contributed by atoms with E-state index in [4.69, 9.17) is 21.1 Å². The van der Waals surface area contributed by atoms with Gasteiger partial charge in [0.2, 0.25) is 11.8 Å². The molecule has 0 heterocycles. The number of hydrogen-bond donors (Lipinski definition) is 1. The average Bonchev–Trinajstić information content (AvgIpc) is 3.09. The van der Waals surface area contributed by atoms with Gasteiger partial charge in [0.15, 0.2) is 0 Å². The van der Waals surface area contributed by atoms with E-state index >= 15 is 0 Å². The molecule has 11 heteroatoms. The Bertz CT molecular complexity index is 1760. The quantitative estimate of drug-likeness (QED) is 0.163. The second kappa shape index (κ2) is 16.3. The smallest absolute Gasteiger partial charge is 0.264 e. The van der Waals surface area contributed by atoms with E-state index < -0.39 is 28.5 Å². The van der Waals surface area contributed by atoms with Gasteiger partial charge >= 0.3 is 0 Å². The lowest BCUT2D eigenvalue weighted by Gasteiger charge is -2.34. The van der Waals surface area contributed by atoms with Gasteiger partial charge in [0, 0.05) is 24.0 Å². The van der Waals surface area contributed by atoms with Crippen molar-refractivity contribution < 1.29 is 27.5 Å². The number of hydrogen-bond acceptors (Lipinski definition) is 6. The number of carbonyl (C=O) groups is 2. The van der Waals surface area contributed by atoms with Crippen molar-refractivity contribution in [3.8, 4) is 11.5 Å². The van der Waals surface area contributed by atoms with Gasteiger partial charge in [0.25, 0.3) is 10.0 Å². The van der Waals surface area contributed by atoms with E-state index in [0.29, 0.717) is 17.7 Å². The van der Waals surface area contributed by atoms with E-state index in [1.807, 2.05) is 50.2 Å². The molecule has 2 atom stereocenters. The first-order valence-electron chi connectivity index (χ1n) is 15.2. The largest absolute Gasteiger partial charge is 0.497 e. The number of ether oxygens (including phenoxy) is 2. The van der Waals surface area contributed by atoms with Gasteiger partial charge in [-0.05, 0) is 66.9 Å². The number of carbonyl (C=O) groups excluding carboxylic acids is 2. The summed E-state index contributed by atoms with van der Waals surface area (Å²) in [6.07, 6.45) is 0.885. The lowest BCUT2D eigenvalue weighted by atomic mass is 10.0. The third kappa shape index (κ3) is 9.05. The van der Waals surface area contributed by atoms with Crippen LogP contribution in [-0.2, 0) is 32.6 Å². The first-order chi connectivity index (χ1) is 22.6. The number of nitrogens with zero attached hydrogens (tertiary/aromatic N) is 2. The minimum absolute atomic E-state index is 0.00731. The highest BCUT2D eigenvalue weighted by Gasteiger charge is 2.36. The first-order valence-corrected chi connectivity index (χ1v) is 17.1. The highest BCUT2D eigenvalue weighted by molar-refractivity contribution is 7.92. The van der Waals surface area contributed by atoms with Crippen LogP contribution in [0.4, 0.5) is 5.69 Å². The van der Waals surface area contributed by atoms with Gasteiger partial charge in [-0.1, -0.05) is 79.2 Å². The van der Waals surface area contributed by atoms with Crippen LogP contribution in [0.25, 0.3) is 0 Å². The maximum Gasteiger partial charge on any atom is 0.264 e. The predicted octanol–water partition coefficient (Wildman–Crippen LogP) is 6.11. The summed E-state index contributed by atoms with van der Waals surface area (Å²) in [5.41, 5.74) is 1.62. The molecule has 0 radical (unpaired) electrons. The monoisotopic (exact) mass is 677 g/mol. The molecular weight excluding hydrogens is 638 g/mol. The summed E-state index contributed by atoms with van der Waals surface area (Å²) in [4.78, 5) is 30.1. The lowest BCUT2D eigenvalue weighted by Crippen LogP contribution is -2.54. The molecule has 248 valence electrons. The van der Waals surface area contributed by atoms with Crippen molar-refractivity contribution in [1.82, 2.24) is 10.2 Å². The second-order valence-electron chi connectivity index (χ2n) is 11.0. The summed E-state index contributed by atoms with van der Waals surface area (Å²) in [6.45, 7) is 3.22. The Morgan fingerprint density at radius 1 is 0.851 bits per heavy atom. The molecule has 0 saturated carbocycles. The van der Waals surface area contributed by atoms with Gasteiger partial charge in [-0.15, -0.1) is 0 Å². The van der Waals surface area contributed by atoms with E-state index in [-0.39, 0.29) is 46.3 Å². The number of benzene rings is 4. The number of amides is 2. The standard InChI is InChI=1S/C36H40ClN3O6S/c1-5-26(2)38-36(42)33(22-27-13-8-6-9-14-27)39(24-28-15-12-16-30(21-28)45-3)35(41)25-40(32-23-29(37)19-20-34(32)46-4)47(43,44)31-17-10-7-11-18-31/h6-21,23,26,33H,5,22,24-25H2,1-4H3,(H,38,42)/t26-,33+/m1/s1. The maximum absolute atomic E-state index is 14.7. The molecule has 0 aromatic heterocycles. The summed E-state index contributed by atoms with van der Waals surface area (Å²) in [5.74, 6) is -0.168. The van der Waals surface area contributed by atoms with Crippen molar-refractivity contribution in [2.45, 2.75) is 50.2 Å². The molecule has 2 amide bonds. The lowest BCUT2D eigenvalue weighted by molar-refractivity contribution is -0.140. The van der Waals surface area contributed by atoms with Crippen LogP contribution >= 0.6 is 11.6 Å². The van der Waals surface area contributed by atoms with Gasteiger partial charge < -0.3 is 19.7 Å². The van der Waals surface area contributed by atoms with Gasteiger partial charge in [0.05, 0.1) is 24.8 Å². The fourth-order valence-electron chi connectivity index (χ4n) is 5.05. The molecule has 0 aliphatic heterocycles. The Morgan fingerprint density at radius 2 is 1.51 bits per heavy atom. The van der Waals surface area contributed by atoms with Crippen LogP contribution in [0.1, 0.15) is 31.4 Å². The third-order valence-corrected chi connectivity index (χ3v) is 9.79. The molecule has 9 nitrogen and oxygen atoms in total. The molecule has 0 bridgehead atoms. The predicted molar refractivity (Wildman–Crippen MR) is 184 cm³/mol.